The van der Waals surface area contributed by atoms with Gasteiger partial charge in [0.25, 0.3) is 5.91 Å². The molecule has 106 valence electrons. The number of piperidine rings is 1. The number of nitrogens with one attached hydrogen (secondary N) is 1. The second-order valence-electron chi connectivity index (χ2n) is 5.15. The largest absolute Gasteiger partial charge is 0.508 e. The molecule has 1 aromatic carbocycles. The minimum absolute atomic E-state index is 0.0522. The summed E-state index contributed by atoms with van der Waals surface area (Å²) in [7, 11) is 1.97. The van der Waals surface area contributed by atoms with Gasteiger partial charge in [0.05, 0.1) is 11.6 Å². The van der Waals surface area contributed by atoms with Crippen LogP contribution in [0.5, 0.6) is 11.5 Å². The first-order valence-corrected chi connectivity index (χ1v) is 6.40. The molecule has 0 saturated carbocycles. The number of amides is 1. The smallest absolute Gasteiger partial charge is 0.256 e. The van der Waals surface area contributed by atoms with Crippen LogP contribution in [0.1, 0.15) is 23.2 Å². The molecule has 6 nitrogen and oxygen atoms in total. The molecular weight excluding hydrogens is 258 g/mol. The Morgan fingerprint density at radius 3 is 2.60 bits per heavy atom. The van der Waals surface area contributed by atoms with Gasteiger partial charge in [-0.05, 0) is 32.0 Å². The van der Waals surface area contributed by atoms with Gasteiger partial charge in [-0.25, -0.2) is 0 Å². The minimum atomic E-state index is -0.895. The standard InChI is InChI=1S/C14H17N3O3/c1-17-6-4-14(9-15,5-7-17)16-13(20)11-3-2-10(18)8-12(11)19/h2-3,8,18-19H,4-7H2,1H3,(H,16,20). The predicted octanol–water partition coefficient (Wildman–Crippen LogP) is 0.816. The van der Waals surface area contributed by atoms with Crippen molar-refractivity contribution in [2.24, 2.45) is 0 Å². The molecule has 2 rings (SSSR count). The average molecular weight is 275 g/mol. The van der Waals surface area contributed by atoms with Crippen molar-refractivity contribution in [2.45, 2.75) is 18.4 Å². The monoisotopic (exact) mass is 275 g/mol. The van der Waals surface area contributed by atoms with E-state index < -0.39 is 11.4 Å². The van der Waals surface area contributed by atoms with E-state index in [0.29, 0.717) is 12.8 Å². The summed E-state index contributed by atoms with van der Waals surface area (Å²) in [6.45, 7) is 1.46. The molecule has 0 bridgehead atoms. The minimum Gasteiger partial charge on any atom is -0.508 e. The first kappa shape index (κ1) is 14.2. The summed E-state index contributed by atoms with van der Waals surface area (Å²) in [4.78, 5) is 14.3. The number of phenolic OH excluding ortho intramolecular Hbond substituents is 2. The number of carbonyl (C=O) groups is 1. The van der Waals surface area contributed by atoms with E-state index in [-0.39, 0.29) is 17.1 Å². The van der Waals surface area contributed by atoms with E-state index in [4.69, 9.17) is 0 Å². The third kappa shape index (κ3) is 2.83. The summed E-state index contributed by atoms with van der Waals surface area (Å²) < 4.78 is 0. The highest BCUT2D eigenvalue weighted by Crippen LogP contribution is 2.25. The van der Waals surface area contributed by atoms with Crippen LogP contribution in [-0.4, -0.2) is 46.7 Å². The van der Waals surface area contributed by atoms with E-state index >= 15 is 0 Å². The fraction of sp³-hybridized carbons (Fsp3) is 0.429. The zero-order valence-corrected chi connectivity index (χ0v) is 11.3. The van der Waals surface area contributed by atoms with E-state index in [2.05, 4.69) is 16.3 Å². The molecule has 3 N–H and O–H groups in total. The summed E-state index contributed by atoms with van der Waals surface area (Å²) in [5, 5.41) is 31.0. The fourth-order valence-electron chi connectivity index (χ4n) is 2.26. The van der Waals surface area contributed by atoms with E-state index in [1.54, 1.807) is 0 Å². The Bertz CT molecular complexity index is 557. The van der Waals surface area contributed by atoms with Gasteiger partial charge >= 0.3 is 0 Å². The Morgan fingerprint density at radius 1 is 1.40 bits per heavy atom. The van der Waals surface area contributed by atoms with Crippen LogP contribution < -0.4 is 5.32 Å². The number of aromatic hydroxyl groups is 2. The number of likely N-dealkylation sites (tertiary alicyclic amines) is 1. The third-order valence-corrected chi connectivity index (χ3v) is 3.63. The quantitative estimate of drug-likeness (QED) is 0.742. The van der Waals surface area contributed by atoms with Gasteiger partial charge in [-0.2, -0.15) is 5.26 Å². The number of phenols is 2. The number of nitrogens with zero attached hydrogens (tertiary/aromatic N) is 2. The Kier molecular flexibility index (Phi) is 3.81. The van der Waals surface area contributed by atoms with Crippen molar-refractivity contribution in [3.63, 3.8) is 0 Å². The van der Waals surface area contributed by atoms with Gasteiger partial charge < -0.3 is 20.4 Å². The normalized spacial score (nSPS) is 18.2. The molecule has 1 aliphatic heterocycles. The third-order valence-electron chi connectivity index (χ3n) is 3.63. The lowest BCUT2D eigenvalue weighted by Crippen LogP contribution is -2.53. The molecule has 1 saturated heterocycles. The van der Waals surface area contributed by atoms with Gasteiger partial charge in [-0.3, -0.25) is 4.79 Å². The van der Waals surface area contributed by atoms with E-state index in [0.717, 1.165) is 19.2 Å². The maximum Gasteiger partial charge on any atom is 0.256 e. The van der Waals surface area contributed by atoms with Crippen LogP contribution in [0.15, 0.2) is 18.2 Å². The highest BCUT2D eigenvalue weighted by atomic mass is 16.3. The number of hydrogen-bond donors (Lipinski definition) is 3. The molecule has 6 heteroatoms. The SMILES string of the molecule is CN1CCC(C#N)(NC(=O)c2ccc(O)cc2O)CC1. The number of benzene rings is 1. The Morgan fingerprint density at radius 2 is 2.05 bits per heavy atom. The van der Waals surface area contributed by atoms with Crippen molar-refractivity contribution >= 4 is 5.91 Å². The van der Waals surface area contributed by atoms with E-state index in [1.807, 2.05) is 7.05 Å². The van der Waals surface area contributed by atoms with Crippen LogP contribution in [-0.2, 0) is 0 Å². The van der Waals surface area contributed by atoms with Gasteiger partial charge in [0.2, 0.25) is 0 Å². The second kappa shape index (κ2) is 5.39. The number of hydrogen-bond acceptors (Lipinski definition) is 5. The molecule has 1 amide bonds. The number of nitriles is 1. The molecule has 0 spiro atoms. The predicted molar refractivity (Wildman–Crippen MR) is 72.3 cm³/mol. The highest BCUT2D eigenvalue weighted by Gasteiger charge is 2.35. The van der Waals surface area contributed by atoms with E-state index in [1.165, 1.54) is 12.1 Å². The molecule has 20 heavy (non-hydrogen) atoms. The summed E-state index contributed by atoms with van der Waals surface area (Å²) in [6.07, 6.45) is 1.09. The van der Waals surface area contributed by atoms with E-state index in [9.17, 15) is 20.3 Å². The van der Waals surface area contributed by atoms with Crippen LogP contribution in [0, 0.1) is 11.3 Å². The van der Waals surface area contributed by atoms with Crippen LogP contribution in [0.2, 0.25) is 0 Å². The van der Waals surface area contributed by atoms with Crippen molar-refractivity contribution in [2.75, 3.05) is 20.1 Å². The molecule has 0 radical (unpaired) electrons. The molecule has 0 unspecified atom stereocenters. The zero-order valence-electron chi connectivity index (χ0n) is 11.3. The summed E-state index contributed by atoms with van der Waals surface area (Å²) >= 11 is 0. The molecule has 0 aromatic heterocycles. The van der Waals surface area contributed by atoms with Crippen LogP contribution in [0.4, 0.5) is 0 Å². The van der Waals surface area contributed by atoms with Gasteiger partial charge in [-0.1, -0.05) is 0 Å². The first-order chi connectivity index (χ1) is 9.46. The fourth-order valence-corrected chi connectivity index (χ4v) is 2.26. The average Bonchev–Trinajstić information content (AvgIpc) is 2.41. The summed E-state index contributed by atoms with van der Waals surface area (Å²) in [6, 6.07) is 5.93. The van der Waals surface area contributed by atoms with Gasteiger partial charge in [-0.15, -0.1) is 0 Å². The summed E-state index contributed by atoms with van der Waals surface area (Å²) in [5.41, 5.74) is -0.843. The molecule has 1 aromatic rings. The first-order valence-electron chi connectivity index (χ1n) is 6.40. The lowest BCUT2D eigenvalue weighted by atomic mass is 9.89. The second-order valence-corrected chi connectivity index (χ2v) is 5.15. The molecule has 1 fully saturated rings. The van der Waals surface area contributed by atoms with Gasteiger partial charge in [0.1, 0.15) is 17.0 Å². The van der Waals surface area contributed by atoms with Crippen LogP contribution >= 0.6 is 0 Å². The number of carbonyl (C=O) groups excluding carboxylic acids is 1. The van der Waals surface area contributed by atoms with Gasteiger partial charge in [0.15, 0.2) is 0 Å². The van der Waals surface area contributed by atoms with Crippen LogP contribution in [0.3, 0.4) is 0 Å². The van der Waals surface area contributed by atoms with Crippen molar-refractivity contribution in [3.05, 3.63) is 23.8 Å². The van der Waals surface area contributed by atoms with Crippen molar-refractivity contribution in [1.29, 1.82) is 5.26 Å². The Balaban J connectivity index is 2.16. The zero-order chi connectivity index (χ0) is 14.8. The molecule has 1 heterocycles. The maximum atomic E-state index is 12.2. The molecule has 1 aliphatic rings. The van der Waals surface area contributed by atoms with Crippen molar-refractivity contribution < 1.29 is 15.0 Å². The van der Waals surface area contributed by atoms with Crippen LogP contribution in [0.25, 0.3) is 0 Å². The Hall–Kier alpha value is -2.26. The molecule has 0 aliphatic carbocycles. The number of rotatable bonds is 2. The van der Waals surface area contributed by atoms with Crippen molar-refractivity contribution in [1.82, 2.24) is 10.2 Å². The molecule has 0 atom stereocenters. The lowest BCUT2D eigenvalue weighted by Gasteiger charge is -2.36. The highest BCUT2D eigenvalue weighted by molar-refractivity contribution is 5.97. The maximum absolute atomic E-state index is 12.2. The van der Waals surface area contributed by atoms with Crippen molar-refractivity contribution in [3.8, 4) is 17.6 Å². The topological polar surface area (TPSA) is 96.6 Å². The summed E-state index contributed by atoms with van der Waals surface area (Å²) in [5.74, 6) is -0.926. The Labute approximate surface area is 117 Å². The lowest BCUT2D eigenvalue weighted by molar-refractivity contribution is 0.0879. The van der Waals surface area contributed by atoms with Gasteiger partial charge in [0, 0.05) is 19.2 Å². The molecular formula is C14H17N3O3.